The second kappa shape index (κ2) is 6.87. The van der Waals surface area contributed by atoms with E-state index in [1.54, 1.807) is 13.1 Å². The molecule has 0 bridgehead atoms. The average molecular weight is 265 g/mol. The van der Waals surface area contributed by atoms with Gasteiger partial charge in [-0.1, -0.05) is 32.6 Å². The molecule has 0 aromatic carbocycles. The molecule has 1 aromatic rings. The van der Waals surface area contributed by atoms with Gasteiger partial charge in [0.2, 0.25) is 0 Å². The molecule has 106 valence electrons. The van der Waals surface area contributed by atoms with Gasteiger partial charge in [-0.3, -0.25) is 4.98 Å². The van der Waals surface area contributed by atoms with Crippen molar-refractivity contribution in [3.63, 3.8) is 0 Å². The van der Waals surface area contributed by atoms with Crippen molar-refractivity contribution in [1.82, 2.24) is 4.98 Å². The molecule has 0 spiro atoms. The molecular weight excluding hydrogens is 242 g/mol. The predicted molar refractivity (Wildman–Crippen MR) is 72.9 cm³/mol. The highest BCUT2D eigenvalue weighted by Gasteiger charge is 2.28. The van der Waals surface area contributed by atoms with Gasteiger partial charge in [0.05, 0.1) is 24.5 Å². The van der Waals surface area contributed by atoms with Crippen molar-refractivity contribution >= 4 is 0 Å². The van der Waals surface area contributed by atoms with Gasteiger partial charge in [-0.2, -0.15) is 0 Å². The monoisotopic (exact) mass is 265 g/mol. The Morgan fingerprint density at radius 3 is 2.95 bits per heavy atom. The maximum atomic E-state index is 10.0. The van der Waals surface area contributed by atoms with Crippen molar-refractivity contribution in [1.29, 1.82) is 0 Å². The number of nitrogens with zero attached hydrogens (tertiary/aromatic N) is 1. The van der Waals surface area contributed by atoms with E-state index < -0.39 is 6.29 Å². The number of fused-ring (bicyclic) bond motifs is 1. The van der Waals surface area contributed by atoms with Crippen LogP contribution in [-0.4, -0.2) is 16.7 Å². The number of aryl methyl sites for hydroxylation is 1. The highest BCUT2D eigenvalue weighted by Crippen LogP contribution is 2.38. The summed E-state index contributed by atoms with van der Waals surface area (Å²) >= 11 is 0. The van der Waals surface area contributed by atoms with E-state index in [0.29, 0.717) is 18.9 Å². The topological polar surface area (TPSA) is 51.6 Å². The zero-order valence-electron chi connectivity index (χ0n) is 11.8. The summed E-state index contributed by atoms with van der Waals surface area (Å²) in [6.45, 7) is 5.14. The molecule has 1 aliphatic heterocycles. The Bertz CT molecular complexity index is 420. The van der Waals surface area contributed by atoms with Crippen LogP contribution >= 0.6 is 0 Å². The average Bonchev–Trinajstić information content (AvgIpc) is 2.82. The van der Waals surface area contributed by atoms with Gasteiger partial charge in [-0.15, -0.1) is 0 Å². The van der Waals surface area contributed by atoms with Crippen LogP contribution in [0.1, 0.15) is 62.1 Å². The molecule has 19 heavy (non-hydrogen) atoms. The molecule has 2 rings (SSSR count). The first kappa shape index (κ1) is 14.3. The van der Waals surface area contributed by atoms with E-state index in [1.807, 2.05) is 0 Å². The lowest BCUT2D eigenvalue weighted by Crippen LogP contribution is -2.05. The lowest BCUT2D eigenvalue weighted by molar-refractivity contribution is -0.139. The van der Waals surface area contributed by atoms with Gasteiger partial charge in [0.25, 0.3) is 0 Å². The first-order chi connectivity index (χ1) is 9.24. The van der Waals surface area contributed by atoms with Crippen LogP contribution in [0.3, 0.4) is 0 Å². The number of unbranched alkanes of at least 4 members (excludes halogenated alkanes) is 4. The minimum Gasteiger partial charge on any atom is -0.506 e. The van der Waals surface area contributed by atoms with Crippen LogP contribution in [0, 0.1) is 6.92 Å². The van der Waals surface area contributed by atoms with Gasteiger partial charge < -0.3 is 14.6 Å². The van der Waals surface area contributed by atoms with Gasteiger partial charge in [-0.05, 0) is 13.3 Å². The van der Waals surface area contributed by atoms with Gasteiger partial charge in [-0.25, -0.2) is 0 Å². The van der Waals surface area contributed by atoms with Crippen LogP contribution in [-0.2, 0) is 16.1 Å². The minimum atomic E-state index is -0.428. The van der Waals surface area contributed by atoms with E-state index in [9.17, 15) is 5.11 Å². The van der Waals surface area contributed by atoms with Crippen molar-refractivity contribution in [3.05, 3.63) is 23.0 Å². The summed E-state index contributed by atoms with van der Waals surface area (Å²) in [6.07, 6.45) is 7.36. The molecule has 1 aromatic heterocycles. The third-order valence-electron chi connectivity index (χ3n) is 3.50. The first-order valence-corrected chi connectivity index (χ1v) is 7.14. The van der Waals surface area contributed by atoms with Crippen molar-refractivity contribution in [2.45, 2.75) is 58.8 Å². The maximum Gasteiger partial charge on any atom is 0.188 e. The quantitative estimate of drug-likeness (QED) is 0.765. The zero-order chi connectivity index (χ0) is 13.7. The third kappa shape index (κ3) is 3.45. The summed E-state index contributed by atoms with van der Waals surface area (Å²) in [5.41, 5.74) is 2.32. The molecular formula is C15H23NO3. The van der Waals surface area contributed by atoms with Gasteiger partial charge in [0.15, 0.2) is 6.29 Å². The van der Waals surface area contributed by atoms with E-state index in [2.05, 4.69) is 11.9 Å². The molecule has 0 radical (unpaired) electrons. The number of hydrogen-bond acceptors (Lipinski definition) is 4. The van der Waals surface area contributed by atoms with Crippen LogP contribution in [0.5, 0.6) is 5.75 Å². The molecule has 0 saturated carbocycles. The van der Waals surface area contributed by atoms with E-state index >= 15 is 0 Å². The number of ether oxygens (including phenoxy) is 2. The summed E-state index contributed by atoms with van der Waals surface area (Å²) in [7, 11) is 0. The summed E-state index contributed by atoms with van der Waals surface area (Å²) < 4.78 is 11.3. The second-order valence-electron chi connectivity index (χ2n) is 5.06. The summed E-state index contributed by atoms with van der Waals surface area (Å²) in [5.74, 6) is 0.214. The predicted octanol–water partition coefficient (Wildman–Crippen LogP) is 3.61. The molecule has 0 aliphatic carbocycles. The molecule has 0 fully saturated rings. The Labute approximate surface area is 114 Å². The lowest BCUT2D eigenvalue weighted by atomic mass is 10.1. The fraction of sp³-hybridized carbons (Fsp3) is 0.667. The Morgan fingerprint density at radius 2 is 2.16 bits per heavy atom. The zero-order valence-corrected chi connectivity index (χ0v) is 11.8. The summed E-state index contributed by atoms with van der Waals surface area (Å²) in [4.78, 5) is 4.13. The number of rotatable bonds is 7. The third-order valence-corrected chi connectivity index (χ3v) is 3.50. The number of aromatic hydroxyl groups is 1. The number of pyridine rings is 1. The fourth-order valence-electron chi connectivity index (χ4n) is 2.31. The normalized spacial score (nSPS) is 17.7. The molecule has 4 heteroatoms. The summed E-state index contributed by atoms with van der Waals surface area (Å²) in [6, 6.07) is 0. The molecule has 1 N–H and O–H groups in total. The van der Waals surface area contributed by atoms with Crippen molar-refractivity contribution in [3.8, 4) is 5.75 Å². The van der Waals surface area contributed by atoms with Crippen molar-refractivity contribution < 1.29 is 14.6 Å². The smallest absolute Gasteiger partial charge is 0.188 e. The van der Waals surface area contributed by atoms with Gasteiger partial charge >= 0.3 is 0 Å². The molecule has 1 aliphatic rings. The number of hydrogen-bond donors (Lipinski definition) is 1. The van der Waals surface area contributed by atoms with Crippen molar-refractivity contribution in [2.24, 2.45) is 0 Å². The SMILES string of the molecule is CCCCCCCOC1OCc2cnc(C)c(O)c21. The van der Waals surface area contributed by atoms with Crippen LogP contribution in [0.4, 0.5) is 0 Å². The Morgan fingerprint density at radius 1 is 1.37 bits per heavy atom. The fourth-order valence-corrected chi connectivity index (χ4v) is 2.31. The van der Waals surface area contributed by atoms with Crippen LogP contribution in [0.25, 0.3) is 0 Å². The van der Waals surface area contributed by atoms with Gasteiger partial charge in [0.1, 0.15) is 5.75 Å². The largest absolute Gasteiger partial charge is 0.506 e. The first-order valence-electron chi connectivity index (χ1n) is 7.14. The molecule has 1 atom stereocenters. The molecule has 2 heterocycles. The minimum absolute atomic E-state index is 0.214. The van der Waals surface area contributed by atoms with Crippen molar-refractivity contribution in [2.75, 3.05) is 6.61 Å². The highest BCUT2D eigenvalue weighted by atomic mass is 16.7. The second-order valence-corrected chi connectivity index (χ2v) is 5.06. The Kier molecular flexibility index (Phi) is 5.16. The number of aromatic nitrogens is 1. The van der Waals surface area contributed by atoms with E-state index in [-0.39, 0.29) is 5.75 Å². The Balaban J connectivity index is 1.83. The molecule has 4 nitrogen and oxygen atoms in total. The molecule has 0 amide bonds. The van der Waals surface area contributed by atoms with Gasteiger partial charge in [0, 0.05) is 11.8 Å². The molecule has 0 saturated heterocycles. The Hall–Kier alpha value is -1.13. The molecule has 1 unspecified atom stereocenters. The van der Waals surface area contributed by atoms with E-state index in [0.717, 1.165) is 17.5 Å². The van der Waals surface area contributed by atoms with Crippen LogP contribution in [0.15, 0.2) is 6.20 Å². The highest BCUT2D eigenvalue weighted by molar-refractivity contribution is 5.43. The van der Waals surface area contributed by atoms with Crippen LogP contribution in [0.2, 0.25) is 0 Å². The standard InChI is InChI=1S/C15H23NO3/c1-3-4-5-6-7-8-18-15-13-12(10-19-15)9-16-11(2)14(13)17/h9,15,17H,3-8,10H2,1-2H3. The van der Waals surface area contributed by atoms with Crippen LogP contribution < -0.4 is 0 Å². The maximum absolute atomic E-state index is 10.0. The summed E-state index contributed by atoms with van der Waals surface area (Å²) in [5, 5.41) is 10.0. The lowest BCUT2D eigenvalue weighted by Gasteiger charge is -2.14. The van der Waals surface area contributed by atoms with E-state index in [4.69, 9.17) is 9.47 Å². The van der Waals surface area contributed by atoms with E-state index in [1.165, 1.54) is 25.7 Å².